The van der Waals surface area contributed by atoms with Gasteiger partial charge in [-0.05, 0) is 24.3 Å². The summed E-state index contributed by atoms with van der Waals surface area (Å²) in [6.45, 7) is 0. The Hall–Kier alpha value is -3.08. The second-order valence-corrected chi connectivity index (χ2v) is 6.93. The normalized spacial score (nSPS) is 11.2. The molecule has 1 N–H and O–H groups in total. The highest BCUT2D eigenvalue weighted by Crippen LogP contribution is 2.31. The zero-order chi connectivity index (χ0) is 19.5. The average Bonchev–Trinajstić information content (AvgIpc) is 3.15. The van der Waals surface area contributed by atoms with Crippen LogP contribution in [0.5, 0.6) is 5.75 Å². The maximum Gasteiger partial charge on any atom is 0.156 e. The zero-order valence-corrected chi connectivity index (χ0v) is 16.1. The molecule has 0 saturated carbocycles. The molecule has 0 saturated heterocycles. The molecule has 28 heavy (non-hydrogen) atoms. The van der Waals surface area contributed by atoms with Crippen molar-refractivity contribution in [2.45, 2.75) is 0 Å². The first kappa shape index (κ1) is 18.3. The summed E-state index contributed by atoms with van der Waals surface area (Å²) in [5, 5.41) is 15.5. The van der Waals surface area contributed by atoms with Crippen molar-refractivity contribution in [1.29, 1.82) is 0 Å². The predicted molar refractivity (Wildman–Crippen MR) is 114 cm³/mol. The summed E-state index contributed by atoms with van der Waals surface area (Å²) in [6, 6.07) is 24.6. The van der Waals surface area contributed by atoms with Crippen molar-refractivity contribution < 1.29 is 5.11 Å². The van der Waals surface area contributed by atoms with Crippen LogP contribution in [0.3, 0.4) is 0 Å². The van der Waals surface area contributed by atoms with E-state index < -0.39 is 0 Å². The largest absolute Gasteiger partial charge is 0.506 e. The first-order chi connectivity index (χ1) is 13.6. The summed E-state index contributed by atoms with van der Waals surface area (Å²) in [5.41, 5.74) is 3.09. The third kappa shape index (κ3) is 3.79. The smallest absolute Gasteiger partial charge is 0.156 e. The number of hydrogen-bond acceptors (Lipinski definition) is 3. The number of nitrogens with zero attached hydrogens (tertiary/aromatic N) is 3. The molecule has 0 unspecified atom stereocenters. The highest BCUT2D eigenvalue weighted by atomic mass is 35.5. The molecule has 138 valence electrons. The summed E-state index contributed by atoms with van der Waals surface area (Å²) >= 11 is 12.0. The van der Waals surface area contributed by atoms with E-state index in [1.165, 1.54) is 12.3 Å². The van der Waals surface area contributed by atoms with Crippen LogP contribution >= 0.6 is 23.2 Å². The van der Waals surface area contributed by atoms with Gasteiger partial charge in [-0.2, -0.15) is 5.10 Å². The quantitative estimate of drug-likeness (QED) is 0.403. The first-order valence-electron chi connectivity index (χ1n) is 8.55. The van der Waals surface area contributed by atoms with Gasteiger partial charge in [-0.1, -0.05) is 71.7 Å². The molecule has 4 rings (SSSR count). The van der Waals surface area contributed by atoms with Crippen LogP contribution in [0.25, 0.3) is 16.9 Å². The Kier molecular flexibility index (Phi) is 5.15. The van der Waals surface area contributed by atoms with Gasteiger partial charge in [0.05, 0.1) is 16.4 Å². The highest BCUT2D eigenvalue weighted by molar-refractivity contribution is 6.36. The fraction of sp³-hybridized carbons (Fsp3) is 0. The van der Waals surface area contributed by atoms with Crippen LogP contribution in [0, 0.1) is 0 Å². The molecule has 1 aromatic heterocycles. The summed E-state index contributed by atoms with van der Waals surface area (Å²) in [5.74, 6) is 0.546. The van der Waals surface area contributed by atoms with E-state index in [-0.39, 0.29) is 10.8 Å². The molecule has 0 aliphatic carbocycles. The number of benzene rings is 3. The average molecular weight is 408 g/mol. The van der Waals surface area contributed by atoms with Crippen LogP contribution < -0.4 is 0 Å². The van der Waals surface area contributed by atoms with Crippen LogP contribution in [0.2, 0.25) is 10.0 Å². The number of halogens is 2. The molecule has 0 atom stereocenters. The second kappa shape index (κ2) is 7.89. The Morgan fingerprint density at radius 2 is 1.57 bits per heavy atom. The zero-order valence-electron chi connectivity index (χ0n) is 14.6. The molecule has 1 heterocycles. The standard InChI is InChI=1S/C22H15Cl2N3O/c23-17-11-16(22(28)19(24)12-17)14-25-21-13-20(15-7-3-1-4-8-15)26-27(21)18-9-5-2-6-10-18/h1-14,28H/b25-14+. The van der Waals surface area contributed by atoms with Crippen molar-refractivity contribution in [1.82, 2.24) is 9.78 Å². The molecule has 0 aliphatic heterocycles. The van der Waals surface area contributed by atoms with Crippen LogP contribution in [-0.4, -0.2) is 21.1 Å². The number of aliphatic imine (C=N–C) groups is 1. The van der Waals surface area contributed by atoms with Crippen molar-refractivity contribution in [3.05, 3.63) is 94.5 Å². The lowest BCUT2D eigenvalue weighted by molar-refractivity contribution is 0.475. The van der Waals surface area contributed by atoms with Gasteiger partial charge in [0.1, 0.15) is 5.75 Å². The molecule has 0 radical (unpaired) electrons. The Morgan fingerprint density at radius 3 is 2.29 bits per heavy atom. The number of phenols is 1. The van der Waals surface area contributed by atoms with Crippen LogP contribution in [0.4, 0.5) is 5.82 Å². The van der Waals surface area contributed by atoms with Gasteiger partial charge in [-0.15, -0.1) is 0 Å². The molecule has 6 heteroatoms. The molecular weight excluding hydrogens is 393 g/mol. The molecular formula is C22H15Cl2N3O. The van der Waals surface area contributed by atoms with E-state index in [4.69, 9.17) is 28.3 Å². The predicted octanol–water partition coefficient (Wildman–Crippen LogP) is 6.30. The molecule has 0 amide bonds. The van der Waals surface area contributed by atoms with Crippen LogP contribution in [-0.2, 0) is 0 Å². The van der Waals surface area contributed by atoms with E-state index in [1.807, 2.05) is 66.7 Å². The van der Waals surface area contributed by atoms with Gasteiger partial charge in [0, 0.05) is 28.4 Å². The monoisotopic (exact) mass is 407 g/mol. The molecule has 0 fully saturated rings. The number of aromatic hydroxyl groups is 1. The topological polar surface area (TPSA) is 50.4 Å². The summed E-state index contributed by atoms with van der Waals surface area (Å²) in [6.07, 6.45) is 1.53. The molecule has 4 aromatic rings. The molecule has 0 bridgehead atoms. The van der Waals surface area contributed by atoms with Gasteiger partial charge < -0.3 is 5.11 Å². The number of aromatic nitrogens is 2. The number of rotatable bonds is 4. The van der Waals surface area contributed by atoms with E-state index in [2.05, 4.69) is 4.99 Å². The number of hydrogen-bond donors (Lipinski definition) is 1. The van der Waals surface area contributed by atoms with E-state index in [0.29, 0.717) is 16.4 Å². The third-order valence-electron chi connectivity index (χ3n) is 4.15. The van der Waals surface area contributed by atoms with Crippen molar-refractivity contribution in [2.24, 2.45) is 4.99 Å². The van der Waals surface area contributed by atoms with Crippen LogP contribution in [0.15, 0.2) is 83.9 Å². The molecule has 3 aromatic carbocycles. The SMILES string of the molecule is Oc1c(Cl)cc(Cl)cc1/C=N/c1cc(-c2ccccc2)nn1-c1ccccc1. The Balaban J connectivity index is 1.81. The van der Waals surface area contributed by atoms with Gasteiger partial charge in [-0.25, -0.2) is 9.67 Å². The summed E-state index contributed by atoms with van der Waals surface area (Å²) < 4.78 is 1.75. The van der Waals surface area contributed by atoms with Gasteiger partial charge in [0.15, 0.2) is 5.82 Å². The lowest BCUT2D eigenvalue weighted by Crippen LogP contribution is -1.96. The number of phenolic OH excluding ortho intramolecular Hbond substituents is 1. The molecule has 0 aliphatic rings. The Labute approximate surface area is 172 Å². The van der Waals surface area contributed by atoms with Gasteiger partial charge in [0.25, 0.3) is 0 Å². The minimum absolute atomic E-state index is 0.0659. The fourth-order valence-electron chi connectivity index (χ4n) is 2.79. The van der Waals surface area contributed by atoms with E-state index in [0.717, 1.165) is 16.9 Å². The van der Waals surface area contributed by atoms with Gasteiger partial charge in [-0.3, -0.25) is 0 Å². The number of para-hydroxylation sites is 1. The van der Waals surface area contributed by atoms with Crippen molar-refractivity contribution in [3.8, 4) is 22.7 Å². The van der Waals surface area contributed by atoms with Gasteiger partial charge >= 0.3 is 0 Å². The lowest BCUT2D eigenvalue weighted by Gasteiger charge is -2.04. The molecule has 0 spiro atoms. The van der Waals surface area contributed by atoms with Gasteiger partial charge in [0.2, 0.25) is 0 Å². The fourth-order valence-corrected chi connectivity index (χ4v) is 3.30. The molecule has 4 nitrogen and oxygen atoms in total. The summed E-state index contributed by atoms with van der Waals surface area (Å²) in [7, 11) is 0. The third-order valence-corrected chi connectivity index (χ3v) is 4.66. The van der Waals surface area contributed by atoms with Crippen molar-refractivity contribution in [2.75, 3.05) is 0 Å². The van der Waals surface area contributed by atoms with E-state index in [9.17, 15) is 5.11 Å². The Morgan fingerprint density at radius 1 is 0.893 bits per heavy atom. The second-order valence-electron chi connectivity index (χ2n) is 6.08. The Bertz CT molecular complexity index is 1140. The highest BCUT2D eigenvalue weighted by Gasteiger charge is 2.11. The van der Waals surface area contributed by atoms with Crippen molar-refractivity contribution in [3.63, 3.8) is 0 Å². The lowest BCUT2D eigenvalue weighted by atomic mass is 10.1. The first-order valence-corrected chi connectivity index (χ1v) is 9.30. The maximum absolute atomic E-state index is 10.2. The minimum Gasteiger partial charge on any atom is -0.506 e. The van der Waals surface area contributed by atoms with Crippen LogP contribution in [0.1, 0.15) is 5.56 Å². The summed E-state index contributed by atoms with van der Waals surface area (Å²) in [4.78, 5) is 4.54. The minimum atomic E-state index is -0.0659. The van der Waals surface area contributed by atoms with Crippen molar-refractivity contribution >= 4 is 35.2 Å². The van der Waals surface area contributed by atoms with E-state index in [1.54, 1.807) is 10.7 Å². The van der Waals surface area contributed by atoms with E-state index >= 15 is 0 Å². The maximum atomic E-state index is 10.2.